The van der Waals surface area contributed by atoms with Crippen LogP contribution < -0.4 is 5.32 Å². The predicted octanol–water partition coefficient (Wildman–Crippen LogP) is 2.72. The Morgan fingerprint density at radius 1 is 1.14 bits per heavy atom. The molecule has 0 unspecified atom stereocenters. The van der Waals surface area contributed by atoms with Gasteiger partial charge in [0.1, 0.15) is 5.82 Å². The third kappa shape index (κ3) is 6.14. The SMILES string of the molecule is CN=C(NCc1ccc(F)c(CO)c1)N1CCN(C/C=C/c2ccccc2)CC1. The molecule has 0 radical (unpaired) electrons. The molecule has 0 aromatic heterocycles. The van der Waals surface area contributed by atoms with Crippen molar-refractivity contribution in [3.05, 3.63) is 77.1 Å². The van der Waals surface area contributed by atoms with E-state index in [1.54, 1.807) is 19.2 Å². The highest BCUT2D eigenvalue weighted by Gasteiger charge is 2.18. The maximum Gasteiger partial charge on any atom is 0.194 e. The molecule has 0 bridgehead atoms. The first kappa shape index (κ1) is 21.0. The van der Waals surface area contributed by atoms with E-state index in [-0.39, 0.29) is 12.4 Å². The molecule has 1 aliphatic rings. The third-order valence-electron chi connectivity index (χ3n) is 5.09. The number of guanidine groups is 1. The summed E-state index contributed by atoms with van der Waals surface area (Å²) in [6, 6.07) is 15.1. The molecule has 29 heavy (non-hydrogen) atoms. The highest BCUT2D eigenvalue weighted by Crippen LogP contribution is 2.11. The average Bonchev–Trinajstić information content (AvgIpc) is 2.77. The number of hydrogen-bond acceptors (Lipinski definition) is 3. The van der Waals surface area contributed by atoms with Gasteiger partial charge in [-0.1, -0.05) is 48.6 Å². The Kier molecular flexibility index (Phi) is 7.78. The van der Waals surface area contributed by atoms with E-state index < -0.39 is 0 Å². The molecule has 1 fully saturated rings. The molecule has 2 aromatic rings. The van der Waals surface area contributed by atoms with Crippen molar-refractivity contribution in [3.8, 4) is 0 Å². The van der Waals surface area contributed by atoms with Crippen molar-refractivity contribution in [2.24, 2.45) is 4.99 Å². The first-order valence-corrected chi connectivity index (χ1v) is 9.97. The fourth-order valence-corrected chi connectivity index (χ4v) is 3.42. The van der Waals surface area contributed by atoms with Gasteiger partial charge in [0.05, 0.1) is 6.61 Å². The van der Waals surface area contributed by atoms with Crippen molar-refractivity contribution >= 4 is 12.0 Å². The van der Waals surface area contributed by atoms with E-state index in [9.17, 15) is 9.50 Å². The number of aliphatic imine (C=N–C) groups is 1. The number of hydrogen-bond donors (Lipinski definition) is 2. The minimum absolute atomic E-state index is 0.297. The minimum Gasteiger partial charge on any atom is -0.392 e. The van der Waals surface area contributed by atoms with Gasteiger partial charge >= 0.3 is 0 Å². The zero-order valence-corrected chi connectivity index (χ0v) is 16.9. The number of nitrogens with one attached hydrogen (secondary N) is 1. The second-order valence-electron chi connectivity index (χ2n) is 7.09. The quantitative estimate of drug-likeness (QED) is 0.582. The molecule has 1 saturated heterocycles. The largest absolute Gasteiger partial charge is 0.392 e. The summed E-state index contributed by atoms with van der Waals surface area (Å²) in [6.45, 7) is 4.95. The smallest absolute Gasteiger partial charge is 0.194 e. The molecule has 3 rings (SSSR count). The first-order chi connectivity index (χ1) is 14.2. The lowest BCUT2D eigenvalue weighted by Crippen LogP contribution is -2.52. The number of nitrogens with zero attached hydrogens (tertiary/aromatic N) is 3. The standard InChI is InChI=1S/C23H29FN4O/c1-25-23(26-17-20-9-10-22(24)21(16-20)18-29)28-14-12-27(13-15-28)11-5-8-19-6-3-2-4-7-19/h2-10,16,29H,11-15,17-18H2,1H3,(H,25,26)/b8-5+. The fraction of sp³-hybridized carbons (Fsp3) is 0.348. The zero-order chi connectivity index (χ0) is 20.5. The van der Waals surface area contributed by atoms with Gasteiger partial charge in [-0.3, -0.25) is 9.89 Å². The number of aliphatic hydroxyl groups excluding tert-OH is 1. The number of rotatable bonds is 6. The molecular weight excluding hydrogens is 367 g/mol. The Morgan fingerprint density at radius 3 is 2.59 bits per heavy atom. The molecule has 154 valence electrons. The first-order valence-electron chi connectivity index (χ1n) is 9.97. The Morgan fingerprint density at radius 2 is 1.90 bits per heavy atom. The molecule has 0 spiro atoms. The van der Waals surface area contributed by atoms with Gasteiger partial charge in [-0.05, 0) is 23.3 Å². The van der Waals surface area contributed by atoms with Crippen molar-refractivity contribution < 1.29 is 9.50 Å². The van der Waals surface area contributed by atoms with Gasteiger partial charge in [0.2, 0.25) is 0 Å². The Labute approximate surface area is 172 Å². The molecule has 1 aliphatic heterocycles. The molecule has 2 aromatic carbocycles. The highest BCUT2D eigenvalue weighted by atomic mass is 19.1. The molecule has 1 heterocycles. The van der Waals surface area contributed by atoms with Gasteiger partial charge in [-0.15, -0.1) is 0 Å². The molecule has 0 amide bonds. The van der Waals surface area contributed by atoms with Crippen LogP contribution in [0.2, 0.25) is 0 Å². The van der Waals surface area contributed by atoms with Crippen LogP contribution in [-0.2, 0) is 13.2 Å². The van der Waals surface area contributed by atoms with E-state index in [4.69, 9.17) is 0 Å². The number of aliphatic hydroxyl groups is 1. The van der Waals surface area contributed by atoms with Crippen LogP contribution in [0, 0.1) is 5.82 Å². The fourth-order valence-electron chi connectivity index (χ4n) is 3.42. The summed E-state index contributed by atoms with van der Waals surface area (Å²) in [4.78, 5) is 9.06. The lowest BCUT2D eigenvalue weighted by Gasteiger charge is -2.36. The zero-order valence-electron chi connectivity index (χ0n) is 16.9. The molecule has 5 nitrogen and oxygen atoms in total. The summed E-state index contributed by atoms with van der Waals surface area (Å²) in [7, 11) is 1.78. The van der Waals surface area contributed by atoms with Crippen molar-refractivity contribution in [2.75, 3.05) is 39.8 Å². The van der Waals surface area contributed by atoms with E-state index in [0.29, 0.717) is 12.1 Å². The summed E-state index contributed by atoms with van der Waals surface area (Å²) in [5.41, 5.74) is 2.46. The van der Waals surface area contributed by atoms with E-state index in [1.807, 2.05) is 18.2 Å². The van der Waals surface area contributed by atoms with Crippen molar-refractivity contribution in [1.29, 1.82) is 0 Å². The number of piperazine rings is 1. The van der Waals surface area contributed by atoms with Gasteiger partial charge in [-0.2, -0.15) is 0 Å². The average molecular weight is 397 g/mol. The van der Waals surface area contributed by atoms with Crippen LogP contribution in [0.3, 0.4) is 0 Å². The molecule has 2 N–H and O–H groups in total. The Bertz CT molecular complexity index is 830. The van der Waals surface area contributed by atoms with Gasteiger partial charge in [-0.25, -0.2) is 4.39 Å². The van der Waals surface area contributed by atoms with Crippen LogP contribution >= 0.6 is 0 Å². The van der Waals surface area contributed by atoms with Crippen LogP contribution in [0.1, 0.15) is 16.7 Å². The van der Waals surface area contributed by atoms with E-state index in [2.05, 4.69) is 44.4 Å². The van der Waals surface area contributed by atoms with Gasteiger partial charge < -0.3 is 15.3 Å². The van der Waals surface area contributed by atoms with Crippen LogP contribution in [-0.4, -0.2) is 60.6 Å². The summed E-state index contributed by atoms with van der Waals surface area (Å²) >= 11 is 0. The monoisotopic (exact) mass is 396 g/mol. The van der Waals surface area contributed by atoms with Crippen molar-refractivity contribution in [3.63, 3.8) is 0 Å². The lowest BCUT2D eigenvalue weighted by atomic mass is 10.1. The van der Waals surface area contributed by atoms with Crippen molar-refractivity contribution in [2.45, 2.75) is 13.2 Å². The third-order valence-corrected chi connectivity index (χ3v) is 5.09. The molecule has 6 heteroatoms. The minimum atomic E-state index is -0.377. The van der Waals surface area contributed by atoms with Crippen LogP contribution in [0.25, 0.3) is 6.08 Å². The second kappa shape index (κ2) is 10.7. The summed E-state index contributed by atoms with van der Waals surface area (Å²) in [5, 5.41) is 12.6. The summed E-state index contributed by atoms with van der Waals surface area (Å²) in [5.74, 6) is 0.470. The second-order valence-corrected chi connectivity index (χ2v) is 7.09. The van der Waals surface area contributed by atoms with E-state index in [1.165, 1.54) is 11.6 Å². The Balaban J connectivity index is 1.45. The molecular formula is C23H29FN4O. The maximum atomic E-state index is 13.5. The summed E-state index contributed by atoms with van der Waals surface area (Å²) in [6.07, 6.45) is 4.38. The predicted molar refractivity (Wildman–Crippen MR) is 116 cm³/mol. The normalized spacial score (nSPS) is 15.8. The molecule has 0 saturated carbocycles. The number of benzene rings is 2. The van der Waals surface area contributed by atoms with Crippen LogP contribution in [0.4, 0.5) is 4.39 Å². The lowest BCUT2D eigenvalue weighted by molar-refractivity contribution is 0.194. The van der Waals surface area contributed by atoms with E-state index in [0.717, 1.165) is 44.2 Å². The van der Waals surface area contributed by atoms with E-state index >= 15 is 0 Å². The maximum absolute atomic E-state index is 13.5. The van der Waals surface area contributed by atoms with Gasteiger partial charge in [0, 0.05) is 51.9 Å². The molecule has 0 atom stereocenters. The number of halogens is 1. The Hall–Kier alpha value is -2.70. The van der Waals surface area contributed by atoms with Gasteiger partial charge in [0.25, 0.3) is 0 Å². The van der Waals surface area contributed by atoms with Crippen molar-refractivity contribution in [1.82, 2.24) is 15.1 Å². The van der Waals surface area contributed by atoms with Gasteiger partial charge in [0.15, 0.2) is 5.96 Å². The molecule has 0 aliphatic carbocycles. The summed E-state index contributed by atoms with van der Waals surface area (Å²) < 4.78 is 13.5. The topological polar surface area (TPSA) is 51.1 Å². The van der Waals surface area contributed by atoms with Crippen LogP contribution in [0.15, 0.2) is 59.6 Å². The van der Waals surface area contributed by atoms with Crippen LogP contribution in [0.5, 0.6) is 0 Å². The highest BCUT2D eigenvalue weighted by molar-refractivity contribution is 5.80.